The van der Waals surface area contributed by atoms with E-state index in [-0.39, 0.29) is 5.91 Å². The summed E-state index contributed by atoms with van der Waals surface area (Å²) in [6.07, 6.45) is 8.19. The number of aryl methyl sites for hydroxylation is 1. The predicted octanol–water partition coefficient (Wildman–Crippen LogP) is 1.87. The number of rotatable bonds is 3. The molecule has 0 aliphatic rings. The molecule has 8 nitrogen and oxygen atoms in total. The second kappa shape index (κ2) is 5.58. The fraction of sp³-hybridized carbons (Fsp3) is 0.0625. The van der Waals surface area contributed by atoms with Gasteiger partial charge in [-0.1, -0.05) is 6.07 Å². The highest BCUT2D eigenvalue weighted by Crippen LogP contribution is 2.15. The Bertz CT molecular complexity index is 1020. The molecule has 118 valence electrons. The maximum atomic E-state index is 12.6. The first kappa shape index (κ1) is 14.1. The molecule has 8 heteroatoms. The van der Waals surface area contributed by atoms with Crippen molar-refractivity contribution in [2.24, 2.45) is 0 Å². The van der Waals surface area contributed by atoms with E-state index in [9.17, 15) is 4.79 Å². The zero-order valence-electron chi connectivity index (χ0n) is 12.8. The van der Waals surface area contributed by atoms with Crippen LogP contribution in [0.2, 0.25) is 0 Å². The molecule has 0 bridgehead atoms. The highest BCUT2D eigenvalue weighted by molar-refractivity contribution is 6.07. The number of aromatic nitrogens is 6. The van der Waals surface area contributed by atoms with Gasteiger partial charge in [0, 0.05) is 24.7 Å². The van der Waals surface area contributed by atoms with Crippen molar-refractivity contribution in [2.45, 2.75) is 6.92 Å². The average Bonchev–Trinajstić information content (AvgIpc) is 3.22. The zero-order valence-corrected chi connectivity index (χ0v) is 12.8. The summed E-state index contributed by atoms with van der Waals surface area (Å²) in [6.45, 7) is 1.96. The van der Waals surface area contributed by atoms with Gasteiger partial charge in [-0.25, -0.2) is 14.5 Å². The molecule has 0 unspecified atom stereocenters. The second-order valence-electron chi connectivity index (χ2n) is 5.22. The number of fused-ring (bicyclic) bond motifs is 1. The lowest BCUT2D eigenvalue weighted by Crippen LogP contribution is -2.15. The molecule has 0 spiro atoms. The molecule has 24 heavy (non-hydrogen) atoms. The summed E-state index contributed by atoms with van der Waals surface area (Å²) < 4.78 is 3.12. The predicted molar refractivity (Wildman–Crippen MR) is 87.0 cm³/mol. The highest BCUT2D eigenvalue weighted by atomic mass is 16.1. The van der Waals surface area contributed by atoms with Gasteiger partial charge >= 0.3 is 0 Å². The number of hydrogen-bond donors (Lipinski definition) is 1. The van der Waals surface area contributed by atoms with Crippen LogP contribution in [-0.4, -0.2) is 35.3 Å². The Balaban J connectivity index is 1.65. The van der Waals surface area contributed by atoms with Crippen LogP contribution in [0.25, 0.3) is 11.5 Å². The smallest absolute Gasteiger partial charge is 0.262 e. The zero-order chi connectivity index (χ0) is 16.5. The number of anilines is 1. The minimum Gasteiger partial charge on any atom is -0.306 e. The minimum absolute atomic E-state index is 0.308. The number of pyridine rings is 1. The molecule has 0 saturated carbocycles. The Morgan fingerprint density at radius 3 is 2.83 bits per heavy atom. The van der Waals surface area contributed by atoms with Crippen molar-refractivity contribution in [2.75, 3.05) is 5.32 Å². The molecule has 1 amide bonds. The molecule has 1 N–H and O–H groups in total. The molecular formula is C16H13N7O. The second-order valence-corrected chi connectivity index (χ2v) is 5.22. The van der Waals surface area contributed by atoms with Crippen molar-refractivity contribution in [3.8, 4) is 5.82 Å². The lowest BCUT2D eigenvalue weighted by Gasteiger charge is -2.07. The van der Waals surface area contributed by atoms with Crippen molar-refractivity contribution in [1.29, 1.82) is 0 Å². The van der Waals surface area contributed by atoms with Crippen LogP contribution in [0.3, 0.4) is 0 Å². The van der Waals surface area contributed by atoms with Crippen LogP contribution in [0.15, 0.2) is 55.2 Å². The lowest BCUT2D eigenvalue weighted by molar-refractivity contribution is 0.102. The number of hydrogen-bond acceptors (Lipinski definition) is 5. The van der Waals surface area contributed by atoms with Crippen molar-refractivity contribution in [3.63, 3.8) is 0 Å². The van der Waals surface area contributed by atoms with Gasteiger partial charge in [0.25, 0.3) is 5.91 Å². The van der Waals surface area contributed by atoms with Gasteiger partial charge in [0.15, 0.2) is 11.5 Å². The van der Waals surface area contributed by atoms with Gasteiger partial charge in [-0.15, -0.1) is 0 Å². The summed E-state index contributed by atoms with van der Waals surface area (Å²) in [5, 5.41) is 11.2. The van der Waals surface area contributed by atoms with E-state index in [1.54, 1.807) is 46.1 Å². The number of carbonyl (C=O) groups is 1. The fourth-order valence-electron chi connectivity index (χ4n) is 2.34. The van der Waals surface area contributed by atoms with E-state index in [1.807, 2.05) is 19.1 Å². The Morgan fingerprint density at radius 2 is 2.00 bits per heavy atom. The van der Waals surface area contributed by atoms with Crippen molar-refractivity contribution in [1.82, 2.24) is 29.4 Å². The molecule has 0 saturated heterocycles. The summed E-state index contributed by atoms with van der Waals surface area (Å²) >= 11 is 0. The van der Waals surface area contributed by atoms with E-state index in [4.69, 9.17) is 0 Å². The van der Waals surface area contributed by atoms with Crippen LogP contribution < -0.4 is 5.32 Å². The van der Waals surface area contributed by atoms with E-state index >= 15 is 0 Å². The lowest BCUT2D eigenvalue weighted by atomic mass is 10.3. The molecule has 0 fully saturated rings. The Hall–Kier alpha value is -3.55. The van der Waals surface area contributed by atoms with E-state index in [1.165, 1.54) is 6.20 Å². The standard InChI is InChI=1S/C16H13N7O/c1-11-3-4-13(18-9-11)23-14(5-7-19-23)21-16(24)12-10-20-22-8-2-6-17-15(12)22/h2-10H,1H3,(H,21,24). The van der Waals surface area contributed by atoms with E-state index in [0.29, 0.717) is 22.8 Å². The Kier molecular flexibility index (Phi) is 3.27. The van der Waals surface area contributed by atoms with Gasteiger partial charge in [-0.05, 0) is 24.6 Å². The number of nitrogens with one attached hydrogen (secondary N) is 1. The van der Waals surface area contributed by atoms with E-state index in [2.05, 4.69) is 25.5 Å². The first-order valence-electron chi connectivity index (χ1n) is 7.29. The van der Waals surface area contributed by atoms with E-state index in [0.717, 1.165) is 5.56 Å². The maximum Gasteiger partial charge on any atom is 0.262 e. The maximum absolute atomic E-state index is 12.6. The largest absolute Gasteiger partial charge is 0.306 e. The molecule has 4 aromatic heterocycles. The summed E-state index contributed by atoms with van der Waals surface area (Å²) in [4.78, 5) is 21.1. The van der Waals surface area contributed by atoms with Crippen LogP contribution in [0.4, 0.5) is 5.82 Å². The first-order chi connectivity index (χ1) is 11.7. The van der Waals surface area contributed by atoms with E-state index < -0.39 is 0 Å². The fourth-order valence-corrected chi connectivity index (χ4v) is 2.34. The van der Waals surface area contributed by atoms with Crippen molar-refractivity contribution < 1.29 is 4.79 Å². The van der Waals surface area contributed by atoms with Crippen LogP contribution in [-0.2, 0) is 0 Å². The van der Waals surface area contributed by atoms with Gasteiger partial charge in [0.1, 0.15) is 11.4 Å². The quantitative estimate of drug-likeness (QED) is 0.622. The molecule has 4 heterocycles. The number of amides is 1. The summed E-state index contributed by atoms with van der Waals surface area (Å²) in [5.74, 6) is 0.836. The molecule has 4 rings (SSSR count). The van der Waals surface area contributed by atoms with Gasteiger partial charge < -0.3 is 5.32 Å². The van der Waals surface area contributed by atoms with Gasteiger partial charge in [-0.3, -0.25) is 4.79 Å². The third-order valence-electron chi connectivity index (χ3n) is 3.52. The minimum atomic E-state index is -0.308. The number of carbonyl (C=O) groups excluding carboxylic acids is 1. The molecule has 0 radical (unpaired) electrons. The van der Waals surface area contributed by atoms with Crippen LogP contribution in [0.5, 0.6) is 0 Å². The first-order valence-corrected chi connectivity index (χ1v) is 7.29. The third kappa shape index (κ3) is 2.39. The summed E-state index contributed by atoms with van der Waals surface area (Å²) in [6, 6.07) is 7.23. The Morgan fingerprint density at radius 1 is 1.08 bits per heavy atom. The monoisotopic (exact) mass is 319 g/mol. The van der Waals surface area contributed by atoms with Crippen molar-refractivity contribution in [3.05, 3.63) is 66.4 Å². The third-order valence-corrected chi connectivity index (χ3v) is 3.52. The topological polar surface area (TPSA) is 90.0 Å². The highest BCUT2D eigenvalue weighted by Gasteiger charge is 2.16. The average molecular weight is 319 g/mol. The van der Waals surface area contributed by atoms with Gasteiger partial charge in [0.05, 0.1) is 12.4 Å². The molecular weight excluding hydrogens is 306 g/mol. The van der Waals surface area contributed by atoms with Crippen molar-refractivity contribution >= 4 is 17.4 Å². The molecule has 0 aliphatic carbocycles. The van der Waals surface area contributed by atoms with Crippen LogP contribution in [0, 0.1) is 6.92 Å². The summed E-state index contributed by atoms with van der Waals surface area (Å²) in [7, 11) is 0. The molecule has 0 aliphatic heterocycles. The van der Waals surface area contributed by atoms with Gasteiger partial charge in [0.2, 0.25) is 0 Å². The molecule has 4 aromatic rings. The normalized spacial score (nSPS) is 10.9. The van der Waals surface area contributed by atoms with Crippen LogP contribution in [0.1, 0.15) is 15.9 Å². The number of nitrogens with zero attached hydrogens (tertiary/aromatic N) is 6. The Labute approximate surface area is 136 Å². The van der Waals surface area contributed by atoms with Gasteiger partial charge in [-0.2, -0.15) is 14.9 Å². The SMILES string of the molecule is Cc1ccc(-n2nccc2NC(=O)c2cnn3cccnc23)nc1. The summed E-state index contributed by atoms with van der Waals surface area (Å²) in [5.41, 5.74) is 1.93. The molecule has 0 aromatic carbocycles. The molecule has 0 atom stereocenters. The van der Waals surface area contributed by atoms with Crippen LogP contribution >= 0.6 is 0 Å².